The maximum absolute atomic E-state index is 13.0. The van der Waals surface area contributed by atoms with Crippen LogP contribution in [0.3, 0.4) is 0 Å². The molecule has 0 aliphatic heterocycles. The predicted octanol–water partition coefficient (Wildman–Crippen LogP) is 4.01. The van der Waals surface area contributed by atoms with Crippen LogP contribution in [0.15, 0.2) is 96.4 Å². The van der Waals surface area contributed by atoms with E-state index in [1.807, 2.05) is 24.3 Å². The van der Waals surface area contributed by atoms with Gasteiger partial charge in [-0.1, -0.05) is 36.4 Å². The van der Waals surface area contributed by atoms with Gasteiger partial charge in [0, 0.05) is 12.1 Å². The first kappa shape index (κ1) is 22.1. The quantitative estimate of drug-likeness (QED) is 0.515. The van der Waals surface area contributed by atoms with Crippen LogP contribution in [0.4, 0.5) is 5.69 Å². The molecular formula is C24H24N2O4S. The van der Waals surface area contributed by atoms with Crippen LogP contribution in [0, 0.1) is 0 Å². The number of carbonyl (C=O) groups excluding carboxylic acids is 1. The highest BCUT2D eigenvalue weighted by Gasteiger charge is 2.23. The minimum atomic E-state index is -3.75. The molecule has 7 heteroatoms. The number of hydrogen-bond donors (Lipinski definition) is 1. The molecule has 3 rings (SSSR count). The Kier molecular flexibility index (Phi) is 7.10. The summed E-state index contributed by atoms with van der Waals surface area (Å²) in [4.78, 5) is 12.7. The van der Waals surface area contributed by atoms with Crippen molar-refractivity contribution in [3.05, 3.63) is 103 Å². The molecule has 0 aliphatic carbocycles. The van der Waals surface area contributed by atoms with Crippen LogP contribution in [0.5, 0.6) is 5.75 Å². The minimum Gasteiger partial charge on any atom is -0.497 e. The largest absolute Gasteiger partial charge is 0.497 e. The maximum atomic E-state index is 13.0. The predicted molar refractivity (Wildman–Crippen MR) is 122 cm³/mol. The maximum Gasteiger partial charge on any atom is 0.264 e. The molecule has 0 saturated heterocycles. The summed E-state index contributed by atoms with van der Waals surface area (Å²) in [5.74, 6) is 0.503. The number of methoxy groups -OCH3 is 1. The molecule has 1 N–H and O–H groups in total. The zero-order chi connectivity index (χ0) is 22.3. The van der Waals surface area contributed by atoms with Crippen LogP contribution in [-0.2, 0) is 16.6 Å². The average Bonchev–Trinajstić information content (AvgIpc) is 2.82. The summed E-state index contributed by atoms with van der Waals surface area (Å²) >= 11 is 0. The van der Waals surface area contributed by atoms with Crippen molar-refractivity contribution in [3.63, 3.8) is 0 Å². The summed E-state index contributed by atoms with van der Waals surface area (Å²) < 4.78 is 32.5. The molecule has 1 amide bonds. The van der Waals surface area contributed by atoms with Crippen LogP contribution in [0.1, 0.15) is 15.9 Å². The monoisotopic (exact) mass is 436 g/mol. The molecule has 0 heterocycles. The van der Waals surface area contributed by atoms with Crippen molar-refractivity contribution in [2.45, 2.75) is 11.4 Å². The van der Waals surface area contributed by atoms with Crippen LogP contribution < -0.4 is 14.4 Å². The highest BCUT2D eigenvalue weighted by Crippen LogP contribution is 2.24. The van der Waals surface area contributed by atoms with Crippen LogP contribution in [0.2, 0.25) is 0 Å². The molecule has 160 valence electrons. The lowest BCUT2D eigenvalue weighted by Gasteiger charge is -2.23. The Morgan fingerprint density at radius 2 is 1.65 bits per heavy atom. The number of rotatable bonds is 9. The van der Waals surface area contributed by atoms with Gasteiger partial charge in [-0.3, -0.25) is 9.10 Å². The van der Waals surface area contributed by atoms with E-state index in [0.717, 1.165) is 11.3 Å². The van der Waals surface area contributed by atoms with Gasteiger partial charge in [0.25, 0.3) is 15.9 Å². The summed E-state index contributed by atoms with van der Waals surface area (Å²) in [6, 6.07) is 22.1. The molecule has 3 aromatic carbocycles. The number of carbonyl (C=O) groups is 1. The Morgan fingerprint density at radius 3 is 2.23 bits per heavy atom. The molecule has 0 aliphatic rings. The Hall–Kier alpha value is -3.58. The lowest BCUT2D eigenvalue weighted by atomic mass is 10.1. The van der Waals surface area contributed by atoms with E-state index in [-0.39, 0.29) is 17.3 Å². The van der Waals surface area contributed by atoms with Gasteiger partial charge in [0.15, 0.2) is 0 Å². The molecular weight excluding hydrogens is 412 g/mol. The SMILES string of the molecule is C=CCN(c1ccc(C(=O)NCc2ccc(OC)cc2)cc1)S(=O)(=O)c1ccccc1. The fraction of sp³-hybridized carbons (Fsp3) is 0.125. The van der Waals surface area contributed by atoms with E-state index >= 15 is 0 Å². The van der Waals surface area contributed by atoms with E-state index in [1.165, 1.54) is 10.4 Å². The van der Waals surface area contributed by atoms with Crippen molar-refractivity contribution in [1.29, 1.82) is 0 Å². The van der Waals surface area contributed by atoms with E-state index in [1.54, 1.807) is 61.7 Å². The first-order valence-electron chi connectivity index (χ1n) is 9.65. The average molecular weight is 437 g/mol. The van der Waals surface area contributed by atoms with Gasteiger partial charge in [-0.25, -0.2) is 8.42 Å². The van der Waals surface area contributed by atoms with E-state index in [0.29, 0.717) is 17.8 Å². The lowest BCUT2D eigenvalue weighted by molar-refractivity contribution is 0.0951. The standard InChI is InChI=1S/C24H24N2O4S/c1-3-17-26(31(28,29)23-7-5-4-6-8-23)21-13-11-20(12-14-21)24(27)25-18-19-9-15-22(30-2)16-10-19/h3-16H,1,17-18H2,2H3,(H,25,27). The van der Waals surface area contributed by atoms with E-state index < -0.39 is 10.0 Å². The highest BCUT2D eigenvalue weighted by atomic mass is 32.2. The van der Waals surface area contributed by atoms with Crippen molar-refractivity contribution in [2.75, 3.05) is 18.0 Å². The van der Waals surface area contributed by atoms with Crippen molar-refractivity contribution in [3.8, 4) is 5.75 Å². The number of hydrogen-bond acceptors (Lipinski definition) is 4. The third kappa shape index (κ3) is 5.32. The van der Waals surface area contributed by atoms with Gasteiger partial charge in [0.05, 0.1) is 24.2 Å². The molecule has 6 nitrogen and oxygen atoms in total. The number of nitrogens with zero attached hydrogens (tertiary/aromatic N) is 1. The van der Waals surface area contributed by atoms with Gasteiger partial charge in [0.2, 0.25) is 0 Å². The third-order valence-electron chi connectivity index (χ3n) is 4.66. The molecule has 3 aromatic rings. The summed E-state index contributed by atoms with van der Waals surface area (Å²) in [5, 5.41) is 2.85. The molecule has 0 bridgehead atoms. The van der Waals surface area contributed by atoms with Gasteiger partial charge < -0.3 is 10.1 Å². The Bertz CT molecular complexity index is 1130. The lowest BCUT2D eigenvalue weighted by Crippen LogP contribution is -2.31. The molecule has 0 fully saturated rings. The summed E-state index contributed by atoms with van der Waals surface area (Å²) in [5.41, 5.74) is 1.83. The van der Waals surface area contributed by atoms with Crippen molar-refractivity contribution in [1.82, 2.24) is 5.32 Å². The molecule has 0 radical (unpaired) electrons. The summed E-state index contributed by atoms with van der Waals surface area (Å²) in [7, 11) is -2.15. The fourth-order valence-corrected chi connectivity index (χ4v) is 4.44. The second kappa shape index (κ2) is 9.95. The first-order valence-corrected chi connectivity index (χ1v) is 11.1. The van der Waals surface area contributed by atoms with Gasteiger partial charge >= 0.3 is 0 Å². The molecule has 31 heavy (non-hydrogen) atoms. The normalized spacial score (nSPS) is 10.9. The van der Waals surface area contributed by atoms with Gasteiger partial charge in [-0.05, 0) is 54.1 Å². The second-order valence-corrected chi connectivity index (χ2v) is 8.58. The number of nitrogens with one attached hydrogen (secondary N) is 1. The summed E-state index contributed by atoms with van der Waals surface area (Å²) in [6.45, 7) is 4.15. The van der Waals surface area contributed by atoms with Crippen molar-refractivity contribution < 1.29 is 17.9 Å². The number of ether oxygens (including phenoxy) is 1. The van der Waals surface area contributed by atoms with Crippen LogP contribution in [0.25, 0.3) is 0 Å². The molecule has 0 unspecified atom stereocenters. The van der Waals surface area contributed by atoms with Crippen molar-refractivity contribution in [2.24, 2.45) is 0 Å². The number of sulfonamides is 1. The van der Waals surface area contributed by atoms with E-state index in [9.17, 15) is 13.2 Å². The number of benzene rings is 3. The topological polar surface area (TPSA) is 75.7 Å². The van der Waals surface area contributed by atoms with E-state index in [2.05, 4.69) is 11.9 Å². The minimum absolute atomic E-state index is 0.111. The number of amides is 1. The molecule has 0 saturated carbocycles. The molecule has 0 aromatic heterocycles. The van der Waals surface area contributed by atoms with Gasteiger partial charge in [-0.2, -0.15) is 0 Å². The smallest absolute Gasteiger partial charge is 0.264 e. The molecule has 0 spiro atoms. The van der Waals surface area contributed by atoms with Gasteiger partial charge in [-0.15, -0.1) is 6.58 Å². The Balaban J connectivity index is 1.73. The molecule has 0 atom stereocenters. The highest BCUT2D eigenvalue weighted by molar-refractivity contribution is 7.92. The zero-order valence-corrected chi connectivity index (χ0v) is 18.0. The Morgan fingerprint density at radius 1 is 1.00 bits per heavy atom. The second-order valence-electron chi connectivity index (χ2n) is 6.72. The van der Waals surface area contributed by atoms with Crippen LogP contribution in [-0.4, -0.2) is 28.0 Å². The first-order chi connectivity index (χ1) is 15.0. The third-order valence-corrected chi connectivity index (χ3v) is 6.46. The Labute approximate surface area is 182 Å². The van der Waals surface area contributed by atoms with E-state index in [4.69, 9.17) is 4.74 Å². The van der Waals surface area contributed by atoms with Gasteiger partial charge in [0.1, 0.15) is 5.75 Å². The van der Waals surface area contributed by atoms with Crippen LogP contribution >= 0.6 is 0 Å². The zero-order valence-electron chi connectivity index (χ0n) is 17.2. The summed E-state index contributed by atoms with van der Waals surface area (Å²) in [6.07, 6.45) is 1.52. The fourth-order valence-electron chi connectivity index (χ4n) is 2.99. The number of anilines is 1. The van der Waals surface area contributed by atoms with Crippen molar-refractivity contribution >= 4 is 21.6 Å².